The first-order valence-electron chi connectivity index (χ1n) is 16.5. The predicted octanol–water partition coefficient (Wildman–Crippen LogP) is 8.36. The standard InChI is InChI=1S/C40H45N3O6/c1-9-34(49-33-24-19-28(39(4,5)10-2)25-32(33)40(6,7)11-3)41-35(45)27-17-20-29(21-18-27)43-37(47)31(36(46)42(8)38(43)48)14-12-13-26-15-22-30(44)23-16-26/h12-25,44H,9-11H2,1-8H3. The van der Waals surface area contributed by atoms with E-state index in [1.807, 2.05) is 13.0 Å². The molecule has 9 nitrogen and oxygen atoms in total. The molecule has 3 aromatic rings. The van der Waals surface area contributed by atoms with Crippen LogP contribution in [0.2, 0.25) is 0 Å². The van der Waals surface area contributed by atoms with Gasteiger partial charge in [0.25, 0.3) is 17.7 Å². The largest absolute Gasteiger partial charge is 0.508 e. The van der Waals surface area contributed by atoms with Crippen LogP contribution in [0.5, 0.6) is 11.5 Å². The number of phenolic OH excluding ortho intramolecular Hbond substituents is 1. The molecular weight excluding hydrogens is 618 g/mol. The molecule has 256 valence electrons. The first-order chi connectivity index (χ1) is 23.1. The molecule has 0 aliphatic carbocycles. The van der Waals surface area contributed by atoms with Gasteiger partial charge in [0.1, 0.15) is 17.1 Å². The van der Waals surface area contributed by atoms with E-state index in [9.17, 15) is 24.3 Å². The zero-order chi connectivity index (χ0) is 36.1. The van der Waals surface area contributed by atoms with E-state index in [-0.39, 0.29) is 39.3 Å². The number of aliphatic imine (C=N–C) groups is 1. The number of aromatic hydroxyl groups is 1. The van der Waals surface area contributed by atoms with E-state index in [1.54, 1.807) is 18.2 Å². The Kier molecular flexibility index (Phi) is 11.1. The summed E-state index contributed by atoms with van der Waals surface area (Å²) in [5.41, 5.74) is 3.06. The molecule has 0 bridgehead atoms. The number of carbonyl (C=O) groups is 4. The van der Waals surface area contributed by atoms with Crippen LogP contribution in [-0.4, -0.2) is 46.7 Å². The summed E-state index contributed by atoms with van der Waals surface area (Å²) in [7, 11) is 1.30. The fourth-order valence-electron chi connectivity index (χ4n) is 5.12. The summed E-state index contributed by atoms with van der Waals surface area (Å²) >= 11 is 0. The molecule has 0 spiro atoms. The molecule has 1 aliphatic rings. The Morgan fingerprint density at radius 3 is 2.08 bits per heavy atom. The molecule has 4 rings (SSSR count). The number of amides is 5. The Morgan fingerprint density at radius 2 is 1.49 bits per heavy atom. The van der Waals surface area contributed by atoms with E-state index in [1.165, 1.54) is 61.2 Å². The van der Waals surface area contributed by atoms with Gasteiger partial charge in [0.2, 0.25) is 0 Å². The van der Waals surface area contributed by atoms with Crippen molar-refractivity contribution in [1.29, 1.82) is 0 Å². The summed E-state index contributed by atoms with van der Waals surface area (Å²) in [6, 6.07) is 17.7. The van der Waals surface area contributed by atoms with Gasteiger partial charge in [-0.25, -0.2) is 9.69 Å². The van der Waals surface area contributed by atoms with Gasteiger partial charge in [-0.05, 0) is 83.3 Å². The van der Waals surface area contributed by atoms with Gasteiger partial charge in [-0.2, -0.15) is 4.99 Å². The van der Waals surface area contributed by atoms with Crippen molar-refractivity contribution >= 4 is 41.4 Å². The number of ether oxygens (including phenoxy) is 1. The number of barbiturate groups is 1. The maximum atomic E-state index is 13.4. The molecule has 1 heterocycles. The average molecular weight is 664 g/mol. The smallest absolute Gasteiger partial charge is 0.338 e. The van der Waals surface area contributed by atoms with Crippen molar-refractivity contribution in [3.05, 3.63) is 107 Å². The number of rotatable bonds is 10. The lowest BCUT2D eigenvalue weighted by atomic mass is 9.76. The molecule has 0 saturated carbocycles. The molecule has 1 saturated heterocycles. The van der Waals surface area contributed by atoms with Gasteiger partial charge in [-0.3, -0.25) is 19.3 Å². The van der Waals surface area contributed by atoms with Gasteiger partial charge >= 0.3 is 6.03 Å². The van der Waals surface area contributed by atoms with Crippen molar-refractivity contribution in [3.63, 3.8) is 0 Å². The van der Waals surface area contributed by atoms with Crippen LogP contribution in [0, 0.1) is 0 Å². The fourth-order valence-corrected chi connectivity index (χ4v) is 5.12. The number of likely N-dealkylation sites (N-methyl/N-ethyl adjacent to an activating group) is 1. The molecule has 0 atom stereocenters. The van der Waals surface area contributed by atoms with Crippen LogP contribution in [0.1, 0.15) is 94.8 Å². The van der Waals surface area contributed by atoms with Gasteiger partial charge in [-0.1, -0.05) is 84.9 Å². The molecule has 1 fully saturated rings. The second kappa shape index (κ2) is 14.8. The van der Waals surface area contributed by atoms with Crippen molar-refractivity contribution in [2.45, 2.75) is 78.6 Å². The van der Waals surface area contributed by atoms with Crippen LogP contribution < -0.4 is 9.64 Å². The lowest BCUT2D eigenvalue weighted by Crippen LogP contribution is -2.55. The third-order valence-electron chi connectivity index (χ3n) is 9.28. The molecule has 0 unspecified atom stereocenters. The maximum absolute atomic E-state index is 13.4. The Bertz CT molecular complexity index is 1830. The van der Waals surface area contributed by atoms with Crippen molar-refractivity contribution in [2.75, 3.05) is 11.9 Å². The fraction of sp³-hybridized carbons (Fsp3) is 0.325. The quantitative estimate of drug-likeness (QED) is 0.101. The summed E-state index contributed by atoms with van der Waals surface area (Å²) in [5, 5.41) is 9.48. The highest BCUT2D eigenvalue weighted by Crippen LogP contribution is 2.38. The van der Waals surface area contributed by atoms with Crippen LogP contribution in [0.3, 0.4) is 0 Å². The van der Waals surface area contributed by atoms with Gasteiger partial charge in [0.15, 0.2) is 5.90 Å². The monoisotopic (exact) mass is 663 g/mol. The van der Waals surface area contributed by atoms with Gasteiger partial charge in [-0.15, -0.1) is 0 Å². The molecule has 49 heavy (non-hydrogen) atoms. The number of anilines is 1. The van der Waals surface area contributed by atoms with E-state index in [0.29, 0.717) is 12.2 Å². The third kappa shape index (κ3) is 8.05. The number of nitrogens with zero attached hydrogens (tertiary/aromatic N) is 3. The minimum Gasteiger partial charge on any atom is -0.508 e. The van der Waals surface area contributed by atoms with Crippen LogP contribution in [0.15, 0.2) is 89.4 Å². The zero-order valence-corrected chi connectivity index (χ0v) is 29.5. The Balaban J connectivity index is 1.57. The van der Waals surface area contributed by atoms with Crippen molar-refractivity contribution in [2.24, 2.45) is 4.99 Å². The Hall–Kier alpha value is -5.31. The van der Waals surface area contributed by atoms with Crippen molar-refractivity contribution in [3.8, 4) is 11.5 Å². The van der Waals surface area contributed by atoms with E-state index >= 15 is 0 Å². The number of phenols is 1. The Morgan fingerprint density at radius 1 is 0.857 bits per heavy atom. The SMILES string of the molecule is CCC(=NC(=O)c1ccc(N2C(=O)C(=CC=Cc3ccc(O)cc3)C(=O)N(C)C2=O)cc1)Oc1ccc(C(C)(C)CC)cc1C(C)(C)CC. The normalized spacial score (nSPS) is 15.5. The minimum atomic E-state index is -0.812. The van der Waals surface area contributed by atoms with Crippen LogP contribution in [-0.2, 0) is 20.4 Å². The molecule has 0 aromatic heterocycles. The molecule has 1 aliphatic heterocycles. The number of allylic oxidation sites excluding steroid dienone is 2. The molecule has 0 radical (unpaired) electrons. The molecule has 9 heteroatoms. The molecule has 1 N–H and O–H groups in total. The summed E-state index contributed by atoms with van der Waals surface area (Å²) < 4.78 is 6.29. The topological polar surface area (TPSA) is 117 Å². The number of hydrogen-bond acceptors (Lipinski definition) is 6. The van der Waals surface area contributed by atoms with E-state index in [4.69, 9.17) is 4.74 Å². The first-order valence-corrected chi connectivity index (χ1v) is 16.5. The van der Waals surface area contributed by atoms with Crippen molar-refractivity contribution < 1.29 is 29.0 Å². The third-order valence-corrected chi connectivity index (χ3v) is 9.28. The number of carbonyl (C=O) groups excluding carboxylic acids is 4. The zero-order valence-electron chi connectivity index (χ0n) is 29.5. The van der Waals surface area contributed by atoms with E-state index in [0.717, 1.165) is 33.8 Å². The summed E-state index contributed by atoms with van der Waals surface area (Å²) in [6.07, 6.45) is 6.79. The lowest BCUT2D eigenvalue weighted by Gasteiger charge is -2.31. The minimum absolute atomic E-state index is 0.00113. The second-order valence-corrected chi connectivity index (χ2v) is 13.3. The Labute approximate surface area is 288 Å². The van der Waals surface area contributed by atoms with Crippen molar-refractivity contribution in [1.82, 2.24) is 4.90 Å². The van der Waals surface area contributed by atoms with E-state index < -0.39 is 23.8 Å². The first kappa shape index (κ1) is 36.5. The number of benzene rings is 3. The van der Waals surface area contributed by atoms with E-state index in [2.05, 4.69) is 58.7 Å². The van der Waals surface area contributed by atoms with Gasteiger partial charge in [0, 0.05) is 24.6 Å². The predicted molar refractivity (Wildman–Crippen MR) is 193 cm³/mol. The van der Waals surface area contributed by atoms with Crippen LogP contribution in [0.25, 0.3) is 6.08 Å². The second-order valence-electron chi connectivity index (χ2n) is 13.3. The van der Waals surface area contributed by atoms with Gasteiger partial charge in [0.05, 0.1) is 5.69 Å². The number of urea groups is 1. The highest BCUT2D eigenvalue weighted by molar-refractivity contribution is 6.37. The summed E-state index contributed by atoms with van der Waals surface area (Å²) in [6.45, 7) is 15.0. The summed E-state index contributed by atoms with van der Waals surface area (Å²) in [4.78, 5) is 58.6. The molecule has 3 aromatic carbocycles. The van der Waals surface area contributed by atoms with Crippen LogP contribution in [0.4, 0.5) is 10.5 Å². The summed E-state index contributed by atoms with van der Waals surface area (Å²) in [5.74, 6) is -1.02. The van der Waals surface area contributed by atoms with Gasteiger partial charge < -0.3 is 9.84 Å². The number of hydrogen-bond donors (Lipinski definition) is 1. The maximum Gasteiger partial charge on any atom is 0.338 e. The van der Waals surface area contributed by atoms with Crippen LogP contribution >= 0.6 is 0 Å². The highest BCUT2D eigenvalue weighted by Gasteiger charge is 2.40. The number of imide groups is 2. The molecular formula is C40H45N3O6. The lowest BCUT2D eigenvalue weighted by molar-refractivity contribution is -0.128. The highest BCUT2D eigenvalue weighted by atomic mass is 16.5. The molecule has 5 amide bonds. The average Bonchev–Trinajstić information content (AvgIpc) is 3.09.